The number of allylic oxidation sites excluding steroid dienone is 1. The van der Waals surface area contributed by atoms with Crippen LogP contribution in [0.25, 0.3) is 5.57 Å². The monoisotopic (exact) mass is 386 g/mol. The number of hydrogen-bond donors (Lipinski definition) is 1. The maximum Gasteiger partial charge on any atom is 0.264 e. The average Bonchev–Trinajstić information content (AvgIpc) is 2.92. The number of halogens is 3. The minimum atomic E-state index is -2.75. The van der Waals surface area contributed by atoms with Gasteiger partial charge in [0, 0.05) is 11.6 Å². The summed E-state index contributed by atoms with van der Waals surface area (Å²) in [5, 5.41) is 0. The maximum atomic E-state index is 13.2. The summed E-state index contributed by atoms with van der Waals surface area (Å²) >= 11 is 0. The van der Waals surface area contributed by atoms with E-state index in [1.807, 2.05) is 0 Å². The summed E-state index contributed by atoms with van der Waals surface area (Å²) in [7, 11) is 0. The summed E-state index contributed by atoms with van der Waals surface area (Å²) < 4.78 is 39.2. The molecule has 0 atom stereocenters. The molecule has 1 N–H and O–H groups in total. The van der Waals surface area contributed by atoms with Crippen LogP contribution in [0.1, 0.15) is 34.6 Å². The average molecular weight is 386 g/mol. The molecule has 144 valence electrons. The van der Waals surface area contributed by atoms with Crippen LogP contribution in [0, 0.1) is 6.92 Å². The molecule has 0 spiro atoms. The zero-order valence-corrected chi connectivity index (χ0v) is 15.0. The Labute approximate surface area is 159 Å². The van der Waals surface area contributed by atoms with Crippen molar-refractivity contribution in [1.82, 2.24) is 9.97 Å². The number of nitrogens with one attached hydrogen (secondary N) is 1. The Hall–Kier alpha value is -3.29. The lowest BCUT2D eigenvalue weighted by Gasteiger charge is -2.13. The Morgan fingerprint density at radius 2 is 2.11 bits per heavy atom. The van der Waals surface area contributed by atoms with Crippen LogP contribution in [-0.2, 0) is 6.67 Å². The first-order valence-corrected chi connectivity index (χ1v) is 8.40. The smallest absolute Gasteiger partial charge is 0.264 e. The molecule has 0 saturated carbocycles. The first-order valence-electron chi connectivity index (χ1n) is 8.40. The van der Waals surface area contributed by atoms with Gasteiger partial charge in [0.1, 0.15) is 18.8 Å². The quantitative estimate of drug-likeness (QED) is 0.845. The van der Waals surface area contributed by atoms with E-state index < -0.39 is 13.1 Å². The standard InChI is InChI=1S/C20H17F3N4O/c1-11(13-3-4-16(20(22)23)14(5-13)8-21)15-6-17(25-10-24-9-15)18-7-19(28)27-12(2)26-18/h3-7,10,20H,1,8-9H2,2H3,(H,26,27,28). The van der Waals surface area contributed by atoms with Crippen molar-refractivity contribution in [3.63, 3.8) is 0 Å². The van der Waals surface area contributed by atoms with Gasteiger partial charge in [0.15, 0.2) is 0 Å². The number of aromatic amines is 1. The number of aliphatic imine (C=N–C) groups is 2. The zero-order valence-electron chi connectivity index (χ0n) is 15.0. The molecule has 0 unspecified atom stereocenters. The number of rotatable bonds is 5. The van der Waals surface area contributed by atoms with Crippen LogP contribution in [0.5, 0.6) is 0 Å². The molecule has 28 heavy (non-hydrogen) atoms. The normalized spacial score (nSPS) is 13.9. The summed E-state index contributed by atoms with van der Waals surface area (Å²) in [5.74, 6) is 0.440. The summed E-state index contributed by atoms with van der Waals surface area (Å²) in [4.78, 5) is 26.9. The third kappa shape index (κ3) is 4.16. The summed E-state index contributed by atoms with van der Waals surface area (Å²) in [6, 6.07) is 5.37. The van der Waals surface area contributed by atoms with Gasteiger partial charge in [0.25, 0.3) is 12.0 Å². The van der Waals surface area contributed by atoms with Crippen LogP contribution >= 0.6 is 0 Å². The predicted octanol–water partition coefficient (Wildman–Crippen LogP) is 3.96. The van der Waals surface area contributed by atoms with Crippen LogP contribution in [0.15, 0.2) is 57.3 Å². The van der Waals surface area contributed by atoms with Crippen molar-refractivity contribution in [3.05, 3.63) is 81.1 Å². The molecular formula is C20H17F3N4O. The van der Waals surface area contributed by atoms with Crippen molar-refractivity contribution in [2.45, 2.75) is 20.0 Å². The zero-order chi connectivity index (χ0) is 20.3. The minimum Gasteiger partial charge on any atom is -0.311 e. The number of benzene rings is 1. The number of alkyl halides is 3. The van der Waals surface area contributed by atoms with Gasteiger partial charge < -0.3 is 4.98 Å². The highest BCUT2D eigenvalue weighted by Gasteiger charge is 2.16. The van der Waals surface area contributed by atoms with E-state index in [0.717, 1.165) is 0 Å². The van der Waals surface area contributed by atoms with E-state index in [0.29, 0.717) is 33.9 Å². The highest BCUT2D eigenvalue weighted by atomic mass is 19.3. The molecular weight excluding hydrogens is 369 g/mol. The van der Waals surface area contributed by atoms with E-state index in [4.69, 9.17) is 0 Å². The van der Waals surface area contributed by atoms with Crippen LogP contribution in [0.4, 0.5) is 13.2 Å². The Morgan fingerprint density at radius 3 is 2.79 bits per heavy atom. The van der Waals surface area contributed by atoms with Crippen LogP contribution in [0.2, 0.25) is 0 Å². The van der Waals surface area contributed by atoms with Gasteiger partial charge >= 0.3 is 0 Å². The molecule has 1 aromatic heterocycles. The van der Waals surface area contributed by atoms with Gasteiger partial charge in [0.05, 0.1) is 18.0 Å². The second kappa shape index (κ2) is 8.16. The second-order valence-electron chi connectivity index (χ2n) is 6.18. The molecule has 0 saturated heterocycles. The van der Waals surface area contributed by atoms with Gasteiger partial charge in [-0.15, -0.1) is 0 Å². The Kier molecular flexibility index (Phi) is 5.67. The van der Waals surface area contributed by atoms with Crippen molar-refractivity contribution >= 4 is 17.6 Å². The molecule has 0 amide bonds. The molecule has 0 fully saturated rings. The maximum absolute atomic E-state index is 13.2. The lowest BCUT2D eigenvalue weighted by molar-refractivity contribution is 0.149. The van der Waals surface area contributed by atoms with E-state index in [-0.39, 0.29) is 23.2 Å². The lowest BCUT2D eigenvalue weighted by atomic mass is 9.94. The van der Waals surface area contributed by atoms with Crippen molar-refractivity contribution in [2.75, 3.05) is 6.54 Å². The van der Waals surface area contributed by atoms with Gasteiger partial charge in [-0.05, 0) is 41.3 Å². The number of aromatic nitrogens is 2. The van der Waals surface area contributed by atoms with Gasteiger partial charge in [-0.25, -0.2) is 23.1 Å². The highest BCUT2D eigenvalue weighted by Crippen LogP contribution is 2.29. The summed E-state index contributed by atoms with van der Waals surface area (Å²) in [6.45, 7) is 4.91. The van der Waals surface area contributed by atoms with E-state index in [1.54, 1.807) is 13.0 Å². The highest BCUT2D eigenvalue weighted by molar-refractivity contribution is 6.12. The van der Waals surface area contributed by atoms with Gasteiger partial charge in [-0.1, -0.05) is 18.7 Å². The largest absolute Gasteiger partial charge is 0.311 e. The summed E-state index contributed by atoms with van der Waals surface area (Å²) in [5.41, 5.74) is 1.74. The van der Waals surface area contributed by atoms with Crippen molar-refractivity contribution in [3.8, 4) is 0 Å². The Morgan fingerprint density at radius 1 is 1.32 bits per heavy atom. The predicted molar refractivity (Wildman–Crippen MR) is 103 cm³/mol. The van der Waals surface area contributed by atoms with Crippen molar-refractivity contribution in [1.29, 1.82) is 0 Å². The SMILES string of the molecule is C=C(C1=CC(c2cc(=O)[nH]c(C)n2)=NC=NC1)c1ccc(C(F)F)c(CF)c1. The van der Waals surface area contributed by atoms with E-state index in [9.17, 15) is 18.0 Å². The molecule has 1 aromatic carbocycles. The number of nitrogens with zero attached hydrogens (tertiary/aromatic N) is 3. The van der Waals surface area contributed by atoms with Crippen LogP contribution < -0.4 is 5.56 Å². The second-order valence-corrected chi connectivity index (χ2v) is 6.18. The fourth-order valence-electron chi connectivity index (χ4n) is 2.83. The topological polar surface area (TPSA) is 70.5 Å². The first kappa shape index (κ1) is 19.5. The number of hydrogen-bond acceptors (Lipinski definition) is 4. The molecule has 3 rings (SSSR count). The van der Waals surface area contributed by atoms with Gasteiger partial charge in [-0.3, -0.25) is 9.79 Å². The molecule has 1 aliphatic heterocycles. The summed E-state index contributed by atoms with van der Waals surface area (Å²) in [6.07, 6.45) is 0.295. The Bertz CT molecular complexity index is 1070. The first-order chi connectivity index (χ1) is 13.4. The fourth-order valence-corrected chi connectivity index (χ4v) is 2.83. The third-order valence-electron chi connectivity index (χ3n) is 4.23. The third-order valence-corrected chi connectivity index (χ3v) is 4.23. The number of H-pyrrole nitrogens is 1. The van der Waals surface area contributed by atoms with Crippen molar-refractivity contribution in [2.24, 2.45) is 9.98 Å². The minimum absolute atomic E-state index is 0.0767. The van der Waals surface area contributed by atoms with Gasteiger partial charge in [-0.2, -0.15) is 0 Å². The molecule has 5 nitrogen and oxygen atoms in total. The molecule has 0 bridgehead atoms. The molecule has 0 aliphatic carbocycles. The lowest BCUT2D eigenvalue weighted by Crippen LogP contribution is -2.14. The molecule has 8 heteroatoms. The molecule has 0 radical (unpaired) electrons. The fraction of sp³-hybridized carbons (Fsp3) is 0.200. The van der Waals surface area contributed by atoms with Crippen LogP contribution in [0.3, 0.4) is 0 Å². The van der Waals surface area contributed by atoms with E-state index >= 15 is 0 Å². The Balaban J connectivity index is 1.99. The van der Waals surface area contributed by atoms with E-state index in [1.165, 1.54) is 30.6 Å². The van der Waals surface area contributed by atoms with Crippen LogP contribution in [-0.4, -0.2) is 28.6 Å². The van der Waals surface area contributed by atoms with Gasteiger partial charge in [0.2, 0.25) is 0 Å². The van der Waals surface area contributed by atoms with E-state index in [2.05, 4.69) is 26.5 Å². The van der Waals surface area contributed by atoms with Crippen molar-refractivity contribution < 1.29 is 13.2 Å². The number of aryl methyl sites for hydroxylation is 1. The molecule has 1 aliphatic rings. The molecule has 2 heterocycles. The molecule has 2 aromatic rings.